The Bertz CT molecular complexity index is 1580. The summed E-state index contributed by atoms with van der Waals surface area (Å²) >= 11 is 1.52. The van der Waals surface area contributed by atoms with Gasteiger partial charge in [0, 0.05) is 49.6 Å². The average molecular weight is 525 g/mol. The van der Waals surface area contributed by atoms with E-state index in [9.17, 15) is 4.79 Å². The van der Waals surface area contributed by atoms with Gasteiger partial charge in [-0.2, -0.15) is 5.10 Å². The molecule has 4 aromatic heterocycles. The zero-order valence-electron chi connectivity index (χ0n) is 21.3. The molecule has 0 radical (unpaired) electrons. The highest BCUT2D eigenvalue weighted by Crippen LogP contribution is 2.43. The number of H-pyrrole nitrogens is 1. The first kappa shape index (κ1) is 24.1. The van der Waals surface area contributed by atoms with Crippen molar-refractivity contribution in [3.05, 3.63) is 77.6 Å². The topological polar surface area (TPSA) is 113 Å². The van der Waals surface area contributed by atoms with Gasteiger partial charge in [-0.25, -0.2) is 19.6 Å². The van der Waals surface area contributed by atoms with Crippen molar-refractivity contribution in [2.75, 3.05) is 17.7 Å². The predicted octanol–water partition coefficient (Wildman–Crippen LogP) is 5.19. The second-order valence-electron chi connectivity index (χ2n) is 9.29. The minimum Gasteiger partial charge on any atom is -0.373 e. The predicted molar refractivity (Wildman–Crippen MR) is 150 cm³/mol. The molecule has 0 bridgehead atoms. The standard InChI is InChI=1S/C28H28N8OS/c1-17-6-3-4-9-21(17)36-26-19(25(35-36)18-10-11-22(29-2)32-16-18)7-5-8-20-27(26)38-28(33-20)34-24(37)13-12-23-30-14-15-31-23/h3-4,6,9-11,14-16H,5,7-8,12-13H2,1-2H3,(H,29,32)(H,30,31)(H,33,34,37). The summed E-state index contributed by atoms with van der Waals surface area (Å²) < 4.78 is 2.05. The minimum absolute atomic E-state index is 0.0747. The van der Waals surface area contributed by atoms with E-state index in [1.165, 1.54) is 16.9 Å². The highest BCUT2D eigenvalue weighted by Gasteiger charge is 2.29. The van der Waals surface area contributed by atoms with Crippen LogP contribution in [0.15, 0.2) is 55.0 Å². The number of para-hydroxylation sites is 1. The molecule has 0 saturated heterocycles. The molecule has 38 heavy (non-hydrogen) atoms. The summed E-state index contributed by atoms with van der Waals surface area (Å²) in [6.45, 7) is 2.10. The number of fused-ring (bicyclic) bond motifs is 3. The maximum absolute atomic E-state index is 12.7. The highest BCUT2D eigenvalue weighted by molar-refractivity contribution is 7.19. The number of benzene rings is 1. The van der Waals surface area contributed by atoms with Crippen molar-refractivity contribution in [3.8, 4) is 27.5 Å². The van der Waals surface area contributed by atoms with Crippen LogP contribution in [0.25, 0.3) is 27.5 Å². The molecule has 1 aliphatic carbocycles. The lowest BCUT2D eigenvalue weighted by atomic mass is 10.0. The SMILES string of the molecule is CNc1ccc(-c2nn(-c3ccccc3C)c3c2CCCc2nc(NC(=O)CCc4ncc[nH]4)sc2-3)cn1. The summed E-state index contributed by atoms with van der Waals surface area (Å²) in [7, 11) is 1.86. The minimum atomic E-state index is -0.0747. The van der Waals surface area contributed by atoms with E-state index < -0.39 is 0 Å². The van der Waals surface area contributed by atoms with Gasteiger partial charge in [0.25, 0.3) is 0 Å². The van der Waals surface area contributed by atoms with Gasteiger partial charge in [-0.15, -0.1) is 0 Å². The Morgan fingerprint density at radius 3 is 2.82 bits per heavy atom. The Kier molecular flexibility index (Phi) is 6.47. The smallest absolute Gasteiger partial charge is 0.226 e. The zero-order valence-corrected chi connectivity index (χ0v) is 22.1. The first-order valence-electron chi connectivity index (χ1n) is 12.7. The van der Waals surface area contributed by atoms with Crippen LogP contribution in [0.3, 0.4) is 0 Å². The molecule has 1 aromatic carbocycles. The largest absolute Gasteiger partial charge is 0.373 e. The average Bonchev–Trinajstić information content (AvgIpc) is 3.65. The molecule has 4 heterocycles. The van der Waals surface area contributed by atoms with Crippen LogP contribution in [-0.2, 0) is 24.1 Å². The van der Waals surface area contributed by atoms with Gasteiger partial charge >= 0.3 is 0 Å². The second-order valence-corrected chi connectivity index (χ2v) is 10.3. The maximum atomic E-state index is 12.7. The van der Waals surface area contributed by atoms with Crippen LogP contribution in [0.5, 0.6) is 0 Å². The highest BCUT2D eigenvalue weighted by atomic mass is 32.1. The van der Waals surface area contributed by atoms with Crippen LogP contribution in [0.4, 0.5) is 10.9 Å². The van der Waals surface area contributed by atoms with Crippen LogP contribution in [0.2, 0.25) is 0 Å². The van der Waals surface area contributed by atoms with Gasteiger partial charge in [0.05, 0.1) is 27.6 Å². The van der Waals surface area contributed by atoms with Crippen molar-refractivity contribution in [1.82, 2.24) is 29.7 Å². The summed E-state index contributed by atoms with van der Waals surface area (Å²) in [6, 6.07) is 12.3. The fraction of sp³-hybridized carbons (Fsp3) is 0.250. The lowest BCUT2D eigenvalue weighted by Gasteiger charge is -2.10. The molecule has 0 fully saturated rings. The third kappa shape index (κ3) is 4.58. The molecule has 0 saturated carbocycles. The number of hydrogen-bond acceptors (Lipinski definition) is 7. The third-order valence-electron chi connectivity index (χ3n) is 6.76. The molecule has 9 nitrogen and oxygen atoms in total. The number of pyridine rings is 1. The van der Waals surface area contributed by atoms with Gasteiger partial charge < -0.3 is 15.6 Å². The molecular formula is C28H28N8OS. The van der Waals surface area contributed by atoms with Gasteiger partial charge in [-0.3, -0.25) is 4.79 Å². The van der Waals surface area contributed by atoms with Crippen molar-refractivity contribution < 1.29 is 4.79 Å². The quantitative estimate of drug-likeness (QED) is 0.270. The fourth-order valence-electron chi connectivity index (χ4n) is 4.85. The first-order chi connectivity index (χ1) is 18.6. The summed E-state index contributed by atoms with van der Waals surface area (Å²) in [5.41, 5.74) is 7.31. The van der Waals surface area contributed by atoms with Crippen LogP contribution in [0.1, 0.15) is 35.5 Å². The number of nitrogens with one attached hydrogen (secondary N) is 3. The van der Waals surface area contributed by atoms with Gasteiger partial charge in [0.1, 0.15) is 11.6 Å². The molecule has 0 spiro atoms. The number of carbonyl (C=O) groups excluding carboxylic acids is 1. The lowest BCUT2D eigenvalue weighted by molar-refractivity contribution is -0.116. The van der Waals surface area contributed by atoms with E-state index in [0.29, 0.717) is 18.0 Å². The molecule has 6 rings (SSSR count). The molecule has 0 unspecified atom stereocenters. The Hall–Kier alpha value is -4.31. The van der Waals surface area contributed by atoms with Crippen LogP contribution in [-0.4, -0.2) is 42.7 Å². The van der Waals surface area contributed by atoms with E-state index in [-0.39, 0.29) is 5.91 Å². The number of carbonyl (C=O) groups is 1. The van der Waals surface area contributed by atoms with Crippen molar-refractivity contribution in [2.45, 2.75) is 39.0 Å². The number of anilines is 2. The number of aromatic nitrogens is 6. The maximum Gasteiger partial charge on any atom is 0.226 e. The third-order valence-corrected chi connectivity index (χ3v) is 7.78. The van der Waals surface area contributed by atoms with Crippen LogP contribution in [0, 0.1) is 6.92 Å². The Morgan fingerprint density at radius 1 is 1.16 bits per heavy atom. The molecular weight excluding hydrogens is 496 g/mol. The van der Waals surface area contributed by atoms with Gasteiger partial charge in [-0.1, -0.05) is 29.5 Å². The zero-order chi connectivity index (χ0) is 26.1. The van der Waals surface area contributed by atoms with E-state index in [4.69, 9.17) is 10.1 Å². The summed E-state index contributed by atoms with van der Waals surface area (Å²) in [5, 5.41) is 11.9. The van der Waals surface area contributed by atoms with Gasteiger partial charge in [0.15, 0.2) is 5.13 Å². The lowest BCUT2D eigenvalue weighted by Crippen LogP contribution is -2.12. The molecule has 192 valence electrons. The Labute approximate surface area is 224 Å². The molecule has 0 aliphatic heterocycles. The molecule has 3 N–H and O–H groups in total. The second kappa shape index (κ2) is 10.2. The number of aryl methyl sites for hydroxylation is 3. The normalized spacial score (nSPS) is 12.5. The van der Waals surface area contributed by atoms with E-state index in [1.54, 1.807) is 12.4 Å². The molecule has 1 aliphatic rings. The number of aromatic amines is 1. The monoisotopic (exact) mass is 524 g/mol. The van der Waals surface area contributed by atoms with E-state index in [2.05, 4.69) is 55.4 Å². The van der Waals surface area contributed by atoms with Gasteiger partial charge in [0.2, 0.25) is 5.91 Å². The molecule has 0 atom stereocenters. The number of hydrogen-bond donors (Lipinski definition) is 3. The van der Waals surface area contributed by atoms with E-state index in [1.807, 2.05) is 31.4 Å². The first-order valence-corrected chi connectivity index (χ1v) is 13.5. The summed E-state index contributed by atoms with van der Waals surface area (Å²) in [6.07, 6.45) is 8.90. The van der Waals surface area contributed by atoms with Crippen LogP contribution < -0.4 is 10.6 Å². The van der Waals surface area contributed by atoms with Gasteiger partial charge in [-0.05, 0) is 49.9 Å². The number of rotatable bonds is 7. The molecule has 5 aromatic rings. The van der Waals surface area contributed by atoms with E-state index >= 15 is 0 Å². The summed E-state index contributed by atoms with van der Waals surface area (Å²) in [4.78, 5) is 30.4. The Balaban J connectivity index is 1.41. The van der Waals surface area contributed by atoms with Crippen molar-refractivity contribution in [2.24, 2.45) is 0 Å². The number of imidazole rings is 1. The fourth-order valence-corrected chi connectivity index (χ4v) is 5.94. The van der Waals surface area contributed by atoms with Crippen LogP contribution >= 0.6 is 11.3 Å². The number of amides is 1. The molecule has 10 heteroatoms. The number of nitrogens with zero attached hydrogens (tertiary/aromatic N) is 5. The van der Waals surface area contributed by atoms with Crippen molar-refractivity contribution >= 4 is 28.2 Å². The van der Waals surface area contributed by atoms with Crippen molar-refractivity contribution in [1.29, 1.82) is 0 Å². The van der Waals surface area contributed by atoms with E-state index in [0.717, 1.165) is 69.7 Å². The Morgan fingerprint density at radius 2 is 2.05 bits per heavy atom. The number of thiazole rings is 1. The van der Waals surface area contributed by atoms with Crippen molar-refractivity contribution in [3.63, 3.8) is 0 Å². The molecule has 1 amide bonds. The summed E-state index contributed by atoms with van der Waals surface area (Å²) in [5.74, 6) is 1.54.